The Morgan fingerprint density at radius 3 is 2.92 bits per heavy atom. The van der Waals surface area contributed by atoms with E-state index in [1.54, 1.807) is 0 Å². The first-order valence-corrected chi connectivity index (χ1v) is 4.85. The maximum Gasteiger partial charge on any atom is 0.149 e. The summed E-state index contributed by atoms with van der Waals surface area (Å²) in [6, 6.07) is 2.26. The molecule has 13 heavy (non-hydrogen) atoms. The van der Waals surface area contributed by atoms with Crippen LogP contribution < -0.4 is 0 Å². The molecule has 0 saturated carbocycles. The summed E-state index contributed by atoms with van der Waals surface area (Å²) >= 11 is 0. The molecule has 72 valence electrons. The Morgan fingerprint density at radius 2 is 2.46 bits per heavy atom. The van der Waals surface area contributed by atoms with E-state index in [9.17, 15) is 4.79 Å². The van der Waals surface area contributed by atoms with Crippen molar-refractivity contribution in [1.29, 1.82) is 5.26 Å². The molecule has 0 bridgehead atoms. The van der Waals surface area contributed by atoms with Crippen LogP contribution in [0.5, 0.6) is 0 Å². The Morgan fingerprint density at radius 1 is 1.77 bits per heavy atom. The van der Waals surface area contributed by atoms with Crippen molar-refractivity contribution in [2.24, 2.45) is 5.92 Å². The van der Waals surface area contributed by atoms with Crippen molar-refractivity contribution in [2.45, 2.75) is 32.7 Å². The van der Waals surface area contributed by atoms with Crippen molar-refractivity contribution >= 4 is 5.78 Å². The quantitative estimate of drug-likeness (QED) is 0.655. The molecule has 1 saturated heterocycles. The molecular weight excluding hydrogens is 164 g/mol. The van der Waals surface area contributed by atoms with Gasteiger partial charge in [0.1, 0.15) is 5.78 Å². The number of nitrogens with zero attached hydrogens (tertiary/aromatic N) is 2. The number of carbonyl (C=O) groups excluding carboxylic acids is 1. The molecule has 1 heterocycles. The maximum atomic E-state index is 11.4. The Balaban J connectivity index is 2.47. The van der Waals surface area contributed by atoms with Gasteiger partial charge in [-0.05, 0) is 13.3 Å². The van der Waals surface area contributed by atoms with E-state index in [0.29, 0.717) is 6.42 Å². The van der Waals surface area contributed by atoms with E-state index in [2.05, 4.69) is 11.0 Å². The van der Waals surface area contributed by atoms with Gasteiger partial charge >= 0.3 is 0 Å². The van der Waals surface area contributed by atoms with Gasteiger partial charge in [-0.2, -0.15) is 5.26 Å². The van der Waals surface area contributed by atoms with E-state index in [4.69, 9.17) is 5.26 Å². The number of ketones is 1. The highest BCUT2D eigenvalue weighted by molar-refractivity contribution is 5.83. The first kappa shape index (κ1) is 10.2. The highest BCUT2D eigenvalue weighted by Gasteiger charge is 2.28. The van der Waals surface area contributed by atoms with Gasteiger partial charge in [0.2, 0.25) is 0 Å². The zero-order valence-electron chi connectivity index (χ0n) is 8.29. The van der Waals surface area contributed by atoms with Crippen LogP contribution in [0.3, 0.4) is 0 Å². The fraction of sp³-hybridized carbons (Fsp3) is 0.800. The monoisotopic (exact) mass is 180 g/mol. The lowest BCUT2D eigenvalue weighted by atomic mass is 10.1. The Labute approximate surface area is 79.3 Å². The molecule has 0 spiro atoms. The summed E-state index contributed by atoms with van der Waals surface area (Å²) < 4.78 is 0. The number of nitriles is 1. The van der Waals surface area contributed by atoms with E-state index < -0.39 is 0 Å². The minimum Gasteiger partial charge on any atom is -0.298 e. The number of Topliss-reactive ketones (excluding diaryl/α,β-unsaturated/α-hetero) is 1. The minimum absolute atomic E-state index is 0.00310. The minimum atomic E-state index is 0.00310. The number of carbonyl (C=O) groups is 1. The first-order chi connectivity index (χ1) is 6.19. The van der Waals surface area contributed by atoms with Gasteiger partial charge in [-0.15, -0.1) is 0 Å². The molecule has 1 rings (SSSR count). The van der Waals surface area contributed by atoms with Gasteiger partial charge in [-0.1, -0.05) is 6.92 Å². The molecule has 3 heteroatoms. The molecule has 1 fully saturated rings. The van der Waals surface area contributed by atoms with Gasteiger partial charge in [0, 0.05) is 19.5 Å². The second-order valence-electron chi connectivity index (χ2n) is 3.61. The third kappa shape index (κ3) is 2.28. The van der Waals surface area contributed by atoms with Crippen LogP contribution in [0.15, 0.2) is 0 Å². The molecule has 0 aromatic carbocycles. The van der Waals surface area contributed by atoms with Gasteiger partial charge < -0.3 is 0 Å². The standard InChI is InChI=1S/C10H16N2O/c1-3-10(13)8(2)12-5-4-9(6-11)7-12/h8-9H,3-5,7H2,1-2H3. The molecule has 2 atom stereocenters. The molecule has 0 aromatic heterocycles. The van der Waals surface area contributed by atoms with Gasteiger partial charge in [0.15, 0.2) is 0 Å². The van der Waals surface area contributed by atoms with Crippen LogP contribution in [0, 0.1) is 17.2 Å². The normalized spacial score (nSPS) is 25.5. The number of hydrogen-bond donors (Lipinski definition) is 0. The smallest absolute Gasteiger partial charge is 0.149 e. The predicted molar refractivity (Wildman–Crippen MR) is 50.1 cm³/mol. The van der Waals surface area contributed by atoms with Crippen molar-refractivity contribution in [3.05, 3.63) is 0 Å². The molecule has 0 aliphatic carbocycles. The van der Waals surface area contributed by atoms with Crippen LogP contribution in [-0.2, 0) is 4.79 Å². The summed E-state index contributed by atoms with van der Waals surface area (Å²) in [5, 5.41) is 8.70. The highest BCUT2D eigenvalue weighted by atomic mass is 16.1. The topological polar surface area (TPSA) is 44.1 Å². The molecule has 1 aliphatic heterocycles. The molecule has 0 aromatic rings. The predicted octanol–water partition coefficient (Wildman–Crippen LogP) is 1.20. The van der Waals surface area contributed by atoms with Crippen LogP contribution in [0.1, 0.15) is 26.7 Å². The van der Waals surface area contributed by atoms with Crippen molar-refractivity contribution < 1.29 is 4.79 Å². The average molecular weight is 180 g/mol. The molecular formula is C10H16N2O. The zero-order chi connectivity index (χ0) is 9.84. The zero-order valence-corrected chi connectivity index (χ0v) is 8.29. The third-order valence-electron chi connectivity index (χ3n) is 2.76. The van der Waals surface area contributed by atoms with E-state index >= 15 is 0 Å². The Hall–Kier alpha value is -0.880. The molecule has 0 radical (unpaired) electrons. The van der Waals surface area contributed by atoms with Crippen LogP contribution >= 0.6 is 0 Å². The number of rotatable bonds is 3. The molecule has 3 nitrogen and oxygen atoms in total. The third-order valence-corrected chi connectivity index (χ3v) is 2.76. The molecule has 0 amide bonds. The van der Waals surface area contributed by atoms with Crippen LogP contribution in [-0.4, -0.2) is 29.8 Å². The average Bonchev–Trinajstić information content (AvgIpc) is 2.63. The summed E-state index contributed by atoms with van der Waals surface area (Å²) in [5.74, 6) is 0.408. The van der Waals surface area contributed by atoms with Gasteiger partial charge in [0.05, 0.1) is 18.0 Å². The first-order valence-electron chi connectivity index (χ1n) is 4.85. The summed E-state index contributed by atoms with van der Waals surface area (Å²) in [5.41, 5.74) is 0. The molecule has 0 N–H and O–H groups in total. The number of likely N-dealkylation sites (tertiary alicyclic amines) is 1. The Bertz CT molecular complexity index is 232. The van der Waals surface area contributed by atoms with E-state index in [1.807, 2.05) is 13.8 Å². The Kier molecular flexibility index (Phi) is 3.44. The van der Waals surface area contributed by atoms with Gasteiger partial charge in [-0.25, -0.2) is 0 Å². The summed E-state index contributed by atoms with van der Waals surface area (Å²) in [6.45, 7) is 5.48. The lowest BCUT2D eigenvalue weighted by Gasteiger charge is -2.21. The van der Waals surface area contributed by atoms with E-state index in [-0.39, 0.29) is 17.7 Å². The lowest BCUT2D eigenvalue weighted by molar-refractivity contribution is -0.123. The summed E-state index contributed by atoms with van der Waals surface area (Å²) in [6.07, 6.45) is 1.51. The SMILES string of the molecule is CCC(=O)C(C)N1CCC(C#N)C1. The van der Waals surface area contributed by atoms with E-state index in [1.165, 1.54) is 0 Å². The fourth-order valence-corrected chi connectivity index (χ4v) is 1.74. The van der Waals surface area contributed by atoms with Crippen LogP contribution in [0.2, 0.25) is 0 Å². The second-order valence-corrected chi connectivity index (χ2v) is 3.61. The van der Waals surface area contributed by atoms with Gasteiger partial charge in [-0.3, -0.25) is 9.69 Å². The van der Waals surface area contributed by atoms with E-state index in [0.717, 1.165) is 19.5 Å². The molecule has 1 aliphatic rings. The summed E-state index contributed by atoms with van der Waals surface area (Å²) in [7, 11) is 0. The lowest BCUT2D eigenvalue weighted by Crippen LogP contribution is -2.36. The highest BCUT2D eigenvalue weighted by Crippen LogP contribution is 2.18. The van der Waals surface area contributed by atoms with Crippen molar-refractivity contribution in [2.75, 3.05) is 13.1 Å². The van der Waals surface area contributed by atoms with Crippen molar-refractivity contribution in [3.8, 4) is 6.07 Å². The summed E-state index contributed by atoms with van der Waals surface area (Å²) in [4.78, 5) is 13.5. The van der Waals surface area contributed by atoms with Crippen LogP contribution in [0.4, 0.5) is 0 Å². The largest absolute Gasteiger partial charge is 0.298 e. The maximum absolute atomic E-state index is 11.4. The fourth-order valence-electron chi connectivity index (χ4n) is 1.74. The van der Waals surface area contributed by atoms with Crippen molar-refractivity contribution in [1.82, 2.24) is 4.90 Å². The second kappa shape index (κ2) is 4.38. The van der Waals surface area contributed by atoms with Crippen LogP contribution in [0.25, 0.3) is 0 Å². The van der Waals surface area contributed by atoms with Crippen molar-refractivity contribution in [3.63, 3.8) is 0 Å². The molecule has 2 unspecified atom stereocenters. The number of hydrogen-bond acceptors (Lipinski definition) is 3. The van der Waals surface area contributed by atoms with Gasteiger partial charge in [0.25, 0.3) is 0 Å².